The molecule has 0 aliphatic carbocycles. The predicted octanol–water partition coefficient (Wildman–Crippen LogP) is 2.67. The van der Waals surface area contributed by atoms with Crippen molar-refractivity contribution in [2.24, 2.45) is 5.73 Å². The van der Waals surface area contributed by atoms with Crippen molar-refractivity contribution < 1.29 is 14.2 Å². The fourth-order valence-corrected chi connectivity index (χ4v) is 2.26. The van der Waals surface area contributed by atoms with E-state index in [2.05, 4.69) is 0 Å². The molecule has 4 nitrogen and oxygen atoms in total. The summed E-state index contributed by atoms with van der Waals surface area (Å²) in [7, 11) is 0. The molecule has 2 aromatic rings. The number of benzene rings is 2. The summed E-state index contributed by atoms with van der Waals surface area (Å²) in [4.78, 5) is 0. The molecule has 1 atom stereocenters. The zero-order valence-electron chi connectivity index (χ0n) is 11.8. The first-order chi connectivity index (χ1) is 10.3. The molecular weight excluding hydrogens is 266 g/mol. The molecule has 0 fully saturated rings. The zero-order chi connectivity index (χ0) is 14.5. The molecule has 1 aliphatic heterocycles. The largest absolute Gasteiger partial charge is 0.486 e. The van der Waals surface area contributed by atoms with Gasteiger partial charge in [0.2, 0.25) is 0 Å². The minimum Gasteiger partial charge on any atom is -0.486 e. The van der Waals surface area contributed by atoms with Crippen LogP contribution in [-0.4, -0.2) is 19.8 Å². The smallest absolute Gasteiger partial charge is 0.161 e. The van der Waals surface area contributed by atoms with E-state index in [0.717, 1.165) is 22.6 Å². The lowest BCUT2D eigenvalue weighted by molar-refractivity contribution is 0.108. The number of hydrogen-bond acceptors (Lipinski definition) is 4. The van der Waals surface area contributed by atoms with Crippen molar-refractivity contribution in [3.63, 3.8) is 0 Å². The first kappa shape index (κ1) is 13.9. The van der Waals surface area contributed by atoms with Crippen LogP contribution < -0.4 is 15.2 Å². The normalized spacial score (nSPS) is 14.7. The van der Waals surface area contributed by atoms with Gasteiger partial charge in [-0.3, -0.25) is 0 Å². The fourth-order valence-electron chi connectivity index (χ4n) is 2.26. The highest BCUT2D eigenvalue weighted by Gasteiger charge is 2.14. The van der Waals surface area contributed by atoms with E-state index in [-0.39, 0.29) is 6.04 Å². The Morgan fingerprint density at radius 2 is 1.76 bits per heavy atom. The lowest BCUT2D eigenvalue weighted by Gasteiger charge is -2.20. The second-order valence-corrected chi connectivity index (χ2v) is 5.01. The monoisotopic (exact) mass is 285 g/mol. The molecule has 3 rings (SSSR count). The molecule has 4 heteroatoms. The van der Waals surface area contributed by atoms with Crippen molar-refractivity contribution in [2.75, 3.05) is 19.8 Å². The van der Waals surface area contributed by atoms with Gasteiger partial charge in [0, 0.05) is 0 Å². The number of ether oxygens (including phenoxy) is 3. The second kappa shape index (κ2) is 6.61. The third-order valence-electron chi connectivity index (χ3n) is 3.40. The topological polar surface area (TPSA) is 53.7 Å². The molecule has 0 radical (unpaired) electrons. The molecule has 0 spiro atoms. The molecule has 110 valence electrons. The van der Waals surface area contributed by atoms with Crippen LogP contribution in [0.25, 0.3) is 0 Å². The van der Waals surface area contributed by atoms with E-state index in [9.17, 15) is 0 Å². The van der Waals surface area contributed by atoms with E-state index in [1.807, 2.05) is 48.5 Å². The Morgan fingerprint density at radius 3 is 2.57 bits per heavy atom. The van der Waals surface area contributed by atoms with Gasteiger partial charge < -0.3 is 19.9 Å². The van der Waals surface area contributed by atoms with Crippen molar-refractivity contribution in [3.05, 3.63) is 59.7 Å². The Kier molecular flexibility index (Phi) is 4.38. The molecule has 0 bridgehead atoms. The zero-order valence-corrected chi connectivity index (χ0v) is 11.8. The lowest BCUT2D eigenvalue weighted by atomic mass is 10.1. The minimum absolute atomic E-state index is 0.176. The van der Waals surface area contributed by atoms with Gasteiger partial charge in [0.15, 0.2) is 11.5 Å². The molecule has 2 N–H and O–H groups in total. The van der Waals surface area contributed by atoms with Gasteiger partial charge in [0.1, 0.15) is 13.2 Å². The van der Waals surface area contributed by atoms with Gasteiger partial charge in [-0.2, -0.15) is 0 Å². The summed E-state index contributed by atoms with van der Waals surface area (Å²) in [5.74, 6) is 1.54. The van der Waals surface area contributed by atoms with Gasteiger partial charge in [0.05, 0.1) is 19.3 Å². The Morgan fingerprint density at radius 1 is 1.00 bits per heavy atom. The van der Waals surface area contributed by atoms with Crippen LogP contribution in [0.15, 0.2) is 48.5 Å². The predicted molar refractivity (Wildman–Crippen MR) is 80.5 cm³/mol. The molecule has 0 saturated heterocycles. The van der Waals surface area contributed by atoms with Gasteiger partial charge in [0.25, 0.3) is 0 Å². The van der Waals surface area contributed by atoms with Crippen LogP contribution in [0.2, 0.25) is 0 Å². The number of hydrogen-bond donors (Lipinski definition) is 1. The standard InChI is InChI=1S/C17H19NO3/c18-15(12-19-11-13-4-2-1-3-5-13)14-6-7-16-17(10-14)21-9-8-20-16/h1-7,10,15H,8-9,11-12,18H2. The van der Waals surface area contributed by atoms with E-state index in [1.165, 1.54) is 0 Å². The van der Waals surface area contributed by atoms with E-state index < -0.39 is 0 Å². The summed E-state index contributed by atoms with van der Waals surface area (Å²) in [6.45, 7) is 2.21. The van der Waals surface area contributed by atoms with Crippen LogP contribution in [0.1, 0.15) is 17.2 Å². The van der Waals surface area contributed by atoms with Gasteiger partial charge in [-0.25, -0.2) is 0 Å². The van der Waals surface area contributed by atoms with Crippen molar-refractivity contribution in [1.29, 1.82) is 0 Å². The highest BCUT2D eigenvalue weighted by Crippen LogP contribution is 2.32. The van der Waals surface area contributed by atoms with Crippen LogP contribution in [0.5, 0.6) is 11.5 Å². The number of fused-ring (bicyclic) bond motifs is 1. The van der Waals surface area contributed by atoms with E-state index in [1.54, 1.807) is 0 Å². The molecule has 2 aromatic carbocycles. The summed E-state index contributed by atoms with van der Waals surface area (Å²) in [6.07, 6.45) is 0. The first-order valence-electron chi connectivity index (χ1n) is 7.10. The molecule has 0 saturated carbocycles. The van der Waals surface area contributed by atoms with Gasteiger partial charge in [-0.15, -0.1) is 0 Å². The van der Waals surface area contributed by atoms with Crippen molar-refractivity contribution in [1.82, 2.24) is 0 Å². The maximum atomic E-state index is 6.17. The highest BCUT2D eigenvalue weighted by molar-refractivity contribution is 5.44. The van der Waals surface area contributed by atoms with Crippen molar-refractivity contribution >= 4 is 0 Å². The highest BCUT2D eigenvalue weighted by atomic mass is 16.6. The Labute approximate surface area is 124 Å². The molecule has 1 heterocycles. The van der Waals surface area contributed by atoms with Crippen LogP contribution in [0.4, 0.5) is 0 Å². The van der Waals surface area contributed by atoms with Gasteiger partial charge in [-0.1, -0.05) is 36.4 Å². The molecule has 1 unspecified atom stereocenters. The average Bonchev–Trinajstić information content (AvgIpc) is 2.55. The van der Waals surface area contributed by atoms with E-state index in [0.29, 0.717) is 26.4 Å². The number of rotatable bonds is 5. The molecule has 1 aliphatic rings. The summed E-state index contributed by atoms with van der Waals surface area (Å²) < 4.78 is 16.7. The molecule has 0 amide bonds. The summed E-state index contributed by atoms with van der Waals surface area (Å²) in [5, 5.41) is 0. The maximum Gasteiger partial charge on any atom is 0.161 e. The second-order valence-electron chi connectivity index (χ2n) is 5.01. The lowest BCUT2D eigenvalue weighted by Crippen LogP contribution is -2.19. The van der Waals surface area contributed by atoms with Crippen LogP contribution in [-0.2, 0) is 11.3 Å². The molecule has 21 heavy (non-hydrogen) atoms. The van der Waals surface area contributed by atoms with E-state index >= 15 is 0 Å². The third kappa shape index (κ3) is 3.54. The Bertz CT molecular complexity index is 586. The van der Waals surface area contributed by atoms with Crippen molar-refractivity contribution in [3.8, 4) is 11.5 Å². The van der Waals surface area contributed by atoms with Crippen LogP contribution in [0.3, 0.4) is 0 Å². The summed E-state index contributed by atoms with van der Waals surface area (Å²) >= 11 is 0. The first-order valence-corrected chi connectivity index (χ1v) is 7.10. The maximum absolute atomic E-state index is 6.17. The average molecular weight is 285 g/mol. The summed E-state index contributed by atoms with van der Waals surface area (Å²) in [6, 6.07) is 15.7. The quantitative estimate of drug-likeness (QED) is 0.917. The number of nitrogens with two attached hydrogens (primary N) is 1. The van der Waals surface area contributed by atoms with Crippen LogP contribution in [0, 0.1) is 0 Å². The Hall–Kier alpha value is -2.04. The van der Waals surface area contributed by atoms with E-state index in [4.69, 9.17) is 19.9 Å². The minimum atomic E-state index is -0.176. The molecular formula is C17H19NO3. The SMILES string of the molecule is NC(COCc1ccccc1)c1ccc2c(c1)OCCO2. The van der Waals surface area contributed by atoms with Gasteiger partial charge >= 0.3 is 0 Å². The molecule has 0 aromatic heterocycles. The third-order valence-corrected chi connectivity index (χ3v) is 3.40. The fraction of sp³-hybridized carbons (Fsp3) is 0.294. The summed E-state index contributed by atoms with van der Waals surface area (Å²) in [5.41, 5.74) is 8.31. The van der Waals surface area contributed by atoms with Gasteiger partial charge in [-0.05, 0) is 23.3 Å². The van der Waals surface area contributed by atoms with Crippen LogP contribution >= 0.6 is 0 Å². The van der Waals surface area contributed by atoms with Crippen molar-refractivity contribution in [2.45, 2.75) is 12.6 Å². The Balaban J connectivity index is 1.56.